The second kappa shape index (κ2) is 7.19. The van der Waals surface area contributed by atoms with Crippen LogP contribution in [0.4, 0.5) is 0 Å². The van der Waals surface area contributed by atoms with E-state index in [0.717, 1.165) is 49.0 Å². The first-order chi connectivity index (χ1) is 11.2. The highest BCUT2D eigenvalue weighted by Gasteiger charge is 2.22. The maximum absolute atomic E-state index is 9.15. The van der Waals surface area contributed by atoms with Gasteiger partial charge in [-0.05, 0) is 38.6 Å². The normalized spacial score (nSPS) is 19.2. The van der Waals surface area contributed by atoms with E-state index in [2.05, 4.69) is 24.4 Å². The van der Waals surface area contributed by atoms with Gasteiger partial charge in [-0.25, -0.2) is 4.98 Å². The maximum atomic E-state index is 9.15. The lowest BCUT2D eigenvalue weighted by Crippen LogP contribution is -2.38. The van der Waals surface area contributed by atoms with Crippen molar-refractivity contribution in [2.75, 3.05) is 26.2 Å². The molecule has 3 rings (SSSR count). The molecule has 0 unspecified atom stereocenters. The van der Waals surface area contributed by atoms with Crippen LogP contribution in [0.5, 0.6) is 0 Å². The lowest BCUT2D eigenvalue weighted by molar-refractivity contribution is 0.139. The molecule has 1 atom stereocenters. The van der Waals surface area contributed by atoms with Gasteiger partial charge in [0, 0.05) is 32.5 Å². The van der Waals surface area contributed by atoms with Gasteiger partial charge >= 0.3 is 0 Å². The van der Waals surface area contributed by atoms with Crippen LogP contribution >= 0.6 is 0 Å². The Labute approximate surface area is 137 Å². The molecule has 0 aromatic carbocycles. The Morgan fingerprint density at radius 3 is 2.83 bits per heavy atom. The summed E-state index contributed by atoms with van der Waals surface area (Å²) in [5.74, 6) is 1.54. The molecule has 0 saturated carbocycles. The molecule has 1 N–H and O–H groups in total. The first-order valence-corrected chi connectivity index (χ1v) is 8.31. The molecule has 2 aromatic rings. The zero-order valence-corrected chi connectivity index (χ0v) is 13.9. The van der Waals surface area contributed by atoms with Crippen molar-refractivity contribution in [1.82, 2.24) is 24.4 Å². The number of imidazole rings is 1. The number of piperidine rings is 1. The SMILES string of the molecule is Cc1ncc(-c2nccnc2C[C@@H]2CCCN(CCO)C2)n1C. The van der Waals surface area contributed by atoms with Crippen molar-refractivity contribution in [3.8, 4) is 11.4 Å². The molecule has 1 aliphatic rings. The van der Waals surface area contributed by atoms with Gasteiger partial charge in [-0.1, -0.05) is 0 Å². The molecule has 0 radical (unpaired) electrons. The summed E-state index contributed by atoms with van der Waals surface area (Å²) in [6.45, 7) is 5.11. The lowest BCUT2D eigenvalue weighted by atomic mass is 9.92. The zero-order chi connectivity index (χ0) is 16.2. The van der Waals surface area contributed by atoms with Gasteiger partial charge in [0.2, 0.25) is 0 Å². The second-order valence-corrected chi connectivity index (χ2v) is 6.34. The van der Waals surface area contributed by atoms with Gasteiger partial charge in [0.1, 0.15) is 11.5 Å². The summed E-state index contributed by atoms with van der Waals surface area (Å²) in [6.07, 6.45) is 8.72. The Hall–Kier alpha value is -1.79. The standard InChI is InChI=1S/C17H25N5O/c1-13-20-11-16(21(13)2)17-15(18-5-6-19-17)10-14-4-3-7-22(12-14)8-9-23/h5-6,11,14,23H,3-4,7-10,12H2,1-2H3/t14-/m0/s1. The third-order valence-corrected chi connectivity index (χ3v) is 4.74. The van der Waals surface area contributed by atoms with Crippen LogP contribution in [0, 0.1) is 12.8 Å². The van der Waals surface area contributed by atoms with Gasteiger partial charge in [0.15, 0.2) is 0 Å². The number of aryl methyl sites for hydroxylation is 1. The van der Waals surface area contributed by atoms with E-state index < -0.39 is 0 Å². The summed E-state index contributed by atoms with van der Waals surface area (Å²) >= 11 is 0. The fourth-order valence-corrected chi connectivity index (χ4v) is 3.39. The Bertz CT molecular complexity index is 652. The van der Waals surface area contributed by atoms with Gasteiger partial charge in [-0.2, -0.15) is 0 Å². The second-order valence-electron chi connectivity index (χ2n) is 6.34. The van der Waals surface area contributed by atoms with E-state index in [1.807, 2.05) is 20.2 Å². The molecule has 0 amide bonds. The van der Waals surface area contributed by atoms with Crippen LogP contribution in [0.1, 0.15) is 24.4 Å². The summed E-state index contributed by atoms with van der Waals surface area (Å²) in [5, 5.41) is 9.15. The molecule has 3 heterocycles. The van der Waals surface area contributed by atoms with E-state index in [9.17, 15) is 0 Å². The minimum atomic E-state index is 0.234. The Kier molecular flexibility index (Phi) is 5.03. The number of hydrogen-bond acceptors (Lipinski definition) is 5. The van der Waals surface area contributed by atoms with Crippen LogP contribution in [-0.2, 0) is 13.5 Å². The molecule has 6 heteroatoms. The highest BCUT2D eigenvalue weighted by atomic mass is 16.3. The quantitative estimate of drug-likeness (QED) is 0.904. The van der Waals surface area contributed by atoms with Crippen LogP contribution < -0.4 is 0 Å². The molecule has 0 bridgehead atoms. The predicted octanol–water partition coefficient (Wildman–Crippen LogP) is 1.43. The van der Waals surface area contributed by atoms with E-state index >= 15 is 0 Å². The van der Waals surface area contributed by atoms with Crippen molar-refractivity contribution in [3.63, 3.8) is 0 Å². The largest absolute Gasteiger partial charge is 0.395 e. The first kappa shape index (κ1) is 16.1. The molecule has 1 saturated heterocycles. The van der Waals surface area contributed by atoms with Crippen molar-refractivity contribution in [1.29, 1.82) is 0 Å². The van der Waals surface area contributed by atoms with Crippen LogP contribution in [0.3, 0.4) is 0 Å². The van der Waals surface area contributed by atoms with Gasteiger partial charge < -0.3 is 14.6 Å². The van der Waals surface area contributed by atoms with Gasteiger partial charge in [0.05, 0.1) is 24.2 Å². The van der Waals surface area contributed by atoms with Crippen molar-refractivity contribution < 1.29 is 5.11 Å². The monoisotopic (exact) mass is 315 g/mol. The molecular weight excluding hydrogens is 290 g/mol. The number of aliphatic hydroxyl groups excluding tert-OH is 1. The van der Waals surface area contributed by atoms with Gasteiger partial charge in [0.25, 0.3) is 0 Å². The average Bonchev–Trinajstić information content (AvgIpc) is 2.88. The van der Waals surface area contributed by atoms with E-state index in [1.165, 1.54) is 12.8 Å². The third-order valence-electron chi connectivity index (χ3n) is 4.74. The maximum Gasteiger partial charge on any atom is 0.110 e. The molecule has 6 nitrogen and oxygen atoms in total. The van der Waals surface area contributed by atoms with E-state index in [-0.39, 0.29) is 6.61 Å². The van der Waals surface area contributed by atoms with Crippen LogP contribution in [0.2, 0.25) is 0 Å². The number of nitrogens with zero attached hydrogens (tertiary/aromatic N) is 5. The van der Waals surface area contributed by atoms with Crippen LogP contribution in [0.15, 0.2) is 18.6 Å². The molecular formula is C17H25N5O. The fourth-order valence-electron chi connectivity index (χ4n) is 3.39. The van der Waals surface area contributed by atoms with Gasteiger partial charge in [-0.3, -0.25) is 9.97 Å². The molecule has 2 aromatic heterocycles. The number of aliphatic hydroxyl groups is 1. The number of aromatic nitrogens is 4. The molecule has 1 aliphatic heterocycles. The number of hydrogen-bond donors (Lipinski definition) is 1. The Balaban J connectivity index is 1.80. The topological polar surface area (TPSA) is 67.1 Å². The fraction of sp³-hybridized carbons (Fsp3) is 0.588. The third kappa shape index (κ3) is 3.59. The van der Waals surface area contributed by atoms with Crippen molar-refractivity contribution >= 4 is 0 Å². The number of rotatable bonds is 5. The lowest BCUT2D eigenvalue weighted by Gasteiger charge is -2.32. The molecule has 0 aliphatic carbocycles. The molecule has 124 valence electrons. The molecule has 23 heavy (non-hydrogen) atoms. The smallest absolute Gasteiger partial charge is 0.110 e. The molecule has 0 spiro atoms. The summed E-state index contributed by atoms with van der Waals surface area (Å²) in [7, 11) is 2.01. The van der Waals surface area contributed by atoms with Crippen molar-refractivity contribution in [2.24, 2.45) is 13.0 Å². The number of β-amino-alcohol motifs (C(OH)–C–C–N with tert-alkyl or cyclic N) is 1. The van der Waals surface area contributed by atoms with E-state index in [4.69, 9.17) is 5.11 Å². The van der Waals surface area contributed by atoms with Crippen LogP contribution in [-0.4, -0.2) is 55.8 Å². The Morgan fingerprint density at radius 2 is 2.09 bits per heavy atom. The summed E-state index contributed by atoms with van der Waals surface area (Å²) in [5.41, 5.74) is 3.01. The van der Waals surface area contributed by atoms with Crippen LogP contribution in [0.25, 0.3) is 11.4 Å². The minimum Gasteiger partial charge on any atom is -0.395 e. The first-order valence-electron chi connectivity index (χ1n) is 8.31. The summed E-state index contributed by atoms with van der Waals surface area (Å²) in [6, 6.07) is 0. The number of likely N-dealkylation sites (tertiary alicyclic amines) is 1. The van der Waals surface area contributed by atoms with E-state index in [0.29, 0.717) is 5.92 Å². The van der Waals surface area contributed by atoms with Crippen molar-refractivity contribution in [2.45, 2.75) is 26.2 Å². The summed E-state index contributed by atoms with van der Waals surface area (Å²) < 4.78 is 2.06. The summed E-state index contributed by atoms with van der Waals surface area (Å²) in [4.78, 5) is 15.9. The molecule has 1 fully saturated rings. The van der Waals surface area contributed by atoms with E-state index in [1.54, 1.807) is 12.4 Å². The minimum absolute atomic E-state index is 0.234. The zero-order valence-electron chi connectivity index (χ0n) is 13.9. The van der Waals surface area contributed by atoms with Gasteiger partial charge in [-0.15, -0.1) is 0 Å². The average molecular weight is 315 g/mol. The highest BCUT2D eigenvalue weighted by Crippen LogP contribution is 2.25. The Morgan fingerprint density at radius 1 is 1.26 bits per heavy atom. The van der Waals surface area contributed by atoms with Crippen molar-refractivity contribution in [3.05, 3.63) is 30.1 Å². The highest BCUT2D eigenvalue weighted by molar-refractivity contribution is 5.57. The predicted molar refractivity (Wildman–Crippen MR) is 88.9 cm³/mol.